The van der Waals surface area contributed by atoms with Crippen LogP contribution in [0.5, 0.6) is 0 Å². The van der Waals surface area contributed by atoms with Crippen LogP contribution in [0.1, 0.15) is 182 Å². The van der Waals surface area contributed by atoms with Gasteiger partial charge in [-0.05, 0) is 103 Å². The standard InChI is InChI=1S/C43H83NO6S4/c1-7-11-15-17-24-36(22-13-9-3)34-53-51-30-20-26-38(42(46)47)32-40(50-41(45)28-19-29-44(5)6)33-39(43(48)49)27-21-31-52-54-35-37(23-14-10-4)25-18-16-12-8-2/h36-40H,7-35H2,1-6H3,(H,46,47)(H,48,49). The maximum Gasteiger partial charge on any atom is 0.306 e. The van der Waals surface area contributed by atoms with E-state index < -0.39 is 29.9 Å². The van der Waals surface area contributed by atoms with E-state index in [2.05, 4.69) is 27.7 Å². The second-order valence-corrected chi connectivity index (χ2v) is 21.0. The maximum atomic E-state index is 12.9. The lowest BCUT2D eigenvalue weighted by Crippen LogP contribution is -2.30. The molecule has 0 radical (unpaired) electrons. The number of hydrogen-bond acceptors (Lipinski definition) is 9. The molecule has 0 heterocycles. The molecule has 0 saturated heterocycles. The van der Waals surface area contributed by atoms with Gasteiger partial charge in [0.1, 0.15) is 6.10 Å². The maximum absolute atomic E-state index is 12.9. The third kappa shape index (κ3) is 32.8. The van der Waals surface area contributed by atoms with Gasteiger partial charge in [0.15, 0.2) is 0 Å². The summed E-state index contributed by atoms with van der Waals surface area (Å²) in [5.74, 6) is 2.08. The third-order valence-corrected chi connectivity index (χ3v) is 15.6. The smallest absolute Gasteiger partial charge is 0.306 e. The zero-order valence-electron chi connectivity index (χ0n) is 35.5. The van der Waals surface area contributed by atoms with Gasteiger partial charge in [0.05, 0.1) is 11.8 Å². The molecule has 0 aliphatic heterocycles. The highest BCUT2D eigenvalue weighted by Gasteiger charge is 2.30. The van der Waals surface area contributed by atoms with E-state index in [0.29, 0.717) is 19.3 Å². The predicted molar refractivity (Wildman–Crippen MR) is 241 cm³/mol. The molecule has 4 unspecified atom stereocenters. The average molecular weight is 838 g/mol. The molecule has 320 valence electrons. The first kappa shape index (κ1) is 53.8. The number of unbranched alkanes of at least 4 members (excludes halogenated alkanes) is 8. The van der Waals surface area contributed by atoms with E-state index in [4.69, 9.17) is 4.74 Å². The largest absolute Gasteiger partial charge is 0.481 e. The van der Waals surface area contributed by atoms with Crippen molar-refractivity contribution in [3.05, 3.63) is 0 Å². The summed E-state index contributed by atoms with van der Waals surface area (Å²) in [5.41, 5.74) is 0. The Hall–Kier alpha value is -0.230. The Labute approximate surface area is 348 Å². The highest BCUT2D eigenvalue weighted by molar-refractivity contribution is 8.77. The van der Waals surface area contributed by atoms with Crippen molar-refractivity contribution in [3.8, 4) is 0 Å². The summed E-state index contributed by atoms with van der Waals surface area (Å²) in [6, 6.07) is 0. The molecule has 0 aromatic heterocycles. The Kier molecular flexibility index (Phi) is 38.1. The van der Waals surface area contributed by atoms with E-state index >= 15 is 0 Å². The van der Waals surface area contributed by atoms with Crippen molar-refractivity contribution in [3.63, 3.8) is 0 Å². The van der Waals surface area contributed by atoms with E-state index in [-0.39, 0.29) is 25.2 Å². The van der Waals surface area contributed by atoms with Gasteiger partial charge in [-0.2, -0.15) is 0 Å². The van der Waals surface area contributed by atoms with Gasteiger partial charge in [-0.1, -0.05) is 148 Å². The molecule has 54 heavy (non-hydrogen) atoms. The van der Waals surface area contributed by atoms with Crippen molar-refractivity contribution in [2.75, 3.05) is 43.7 Å². The van der Waals surface area contributed by atoms with Crippen molar-refractivity contribution < 1.29 is 29.3 Å². The summed E-state index contributed by atoms with van der Waals surface area (Å²) in [7, 11) is 11.5. The van der Waals surface area contributed by atoms with Gasteiger partial charge < -0.3 is 19.8 Å². The van der Waals surface area contributed by atoms with Crippen molar-refractivity contribution in [1.29, 1.82) is 0 Å². The van der Waals surface area contributed by atoms with Crippen molar-refractivity contribution in [2.45, 2.75) is 188 Å². The van der Waals surface area contributed by atoms with Gasteiger partial charge in [0.25, 0.3) is 0 Å². The summed E-state index contributed by atoms with van der Waals surface area (Å²) in [6.07, 6.45) is 23.7. The number of nitrogens with zero attached hydrogens (tertiary/aromatic N) is 1. The van der Waals surface area contributed by atoms with Crippen LogP contribution in [0.15, 0.2) is 0 Å². The van der Waals surface area contributed by atoms with Crippen LogP contribution < -0.4 is 0 Å². The van der Waals surface area contributed by atoms with Crippen LogP contribution in [-0.2, 0) is 19.1 Å². The van der Waals surface area contributed by atoms with Crippen LogP contribution in [-0.4, -0.2) is 82.8 Å². The number of carbonyl (C=O) groups excluding carboxylic acids is 1. The molecule has 0 amide bonds. The summed E-state index contributed by atoms with van der Waals surface area (Å²) in [4.78, 5) is 39.8. The molecule has 0 bridgehead atoms. The minimum atomic E-state index is -0.893. The van der Waals surface area contributed by atoms with Crippen LogP contribution in [0.2, 0.25) is 0 Å². The molecule has 2 N–H and O–H groups in total. The van der Waals surface area contributed by atoms with Gasteiger partial charge in [0.2, 0.25) is 0 Å². The zero-order chi connectivity index (χ0) is 40.2. The SMILES string of the molecule is CCCCCCC(CCCC)CSSCCCC(CC(CC(CCCSSCC(CCCC)CCCCCC)C(=O)O)OC(=O)CCCN(C)C)C(=O)O. The first-order valence-corrected chi connectivity index (χ1v) is 26.8. The minimum Gasteiger partial charge on any atom is -0.481 e. The Morgan fingerprint density at radius 1 is 0.537 bits per heavy atom. The minimum absolute atomic E-state index is 0.162. The molecule has 0 spiro atoms. The predicted octanol–water partition coefficient (Wildman–Crippen LogP) is 13.3. The molecule has 0 aromatic carbocycles. The first-order valence-electron chi connectivity index (χ1n) is 21.9. The molecule has 0 fully saturated rings. The second-order valence-electron chi connectivity index (χ2n) is 15.8. The fourth-order valence-electron chi connectivity index (χ4n) is 6.81. The quantitative estimate of drug-likeness (QED) is 0.0349. The topological polar surface area (TPSA) is 104 Å². The van der Waals surface area contributed by atoms with Crippen molar-refractivity contribution in [2.24, 2.45) is 23.7 Å². The number of carboxylic acid groups (broad SMARTS) is 2. The molecule has 0 saturated carbocycles. The number of hydrogen-bond donors (Lipinski definition) is 2. The molecular formula is C43H83NO6S4. The van der Waals surface area contributed by atoms with Crippen LogP contribution in [0.4, 0.5) is 0 Å². The summed E-state index contributed by atoms with van der Waals surface area (Å²) in [6.45, 7) is 9.77. The fraction of sp³-hybridized carbons (Fsp3) is 0.930. The Balaban J connectivity index is 5.14. The van der Waals surface area contributed by atoms with Crippen LogP contribution in [0.3, 0.4) is 0 Å². The number of ether oxygens (including phenoxy) is 1. The highest BCUT2D eigenvalue weighted by atomic mass is 33.1. The van der Waals surface area contributed by atoms with E-state index in [0.717, 1.165) is 54.2 Å². The Morgan fingerprint density at radius 3 is 1.35 bits per heavy atom. The van der Waals surface area contributed by atoms with Crippen LogP contribution in [0, 0.1) is 23.7 Å². The Bertz CT molecular complexity index is 842. The fourth-order valence-corrected chi connectivity index (χ4v) is 12.0. The summed E-state index contributed by atoms with van der Waals surface area (Å²) < 4.78 is 5.89. The average Bonchev–Trinajstić information content (AvgIpc) is 3.13. The van der Waals surface area contributed by atoms with Crippen molar-refractivity contribution >= 4 is 61.1 Å². The summed E-state index contributed by atoms with van der Waals surface area (Å²) in [5, 5.41) is 20.4. The van der Waals surface area contributed by atoms with Gasteiger partial charge in [-0.3, -0.25) is 14.4 Å². The number of rotatable bonds is 41. The molecule has 11 heteroatoms. The lowest BCUT2D eigenvalue weighted by Gasteiger charge is -2.25. The van der Waals surface area contributed by atoms with Crippen molar-refractivity contribution in [1.82, 2.24) is 4.90 Å². The molecule has 0 aliphatic rings. The lowest BCUT2D eigenvalue weighted by atomic mass is 9.89. The number of aliphatic carboxylic acids is 2. The molecular weight excluding hydrogens is 755 g/mol. The molecule has 4 atom stereocenters. The molecule has 0 aromatic rings. The van der Waals surface area contributed by atoms with E-state index in [9.17, 15) is 24.6 Å². The monoisotopic (exact) mass is 838 g/mol. The highest BCUT2D eigenvalue weighted by Crippen LogP contribution is 2.33. The number of carbonyl (C=O) groups is 3. The lowest BCUT2D eigenvalue weighted by molar-refractivity contribution is -0.156. The van der Waals surface area contributed by atoms with E-state index in [1.165, 1.54) is 103 Å². The van der Waals surface area contributed by atoms with Gasteiger partial charge in [-0.25, -0.2) is 0 Å². The Morgan fingerprint density at radius 2 is 0.963 bits per heavy atom. The molecule has 7 nitrogen and oxygen atoms in total. The first-order chi connectivity index (χ1) is 26.1. The third-order valence-electron chi connectivity index (χ3n) is 10.3. The van der Waals surface area contributed by atoms with Crippen LogP contribution >= 0.6 is 43.2 Å². The molecule has 0 aliphatic carbocycles. The van der Waals surface area contributed by atoms with E-state index in [1.54, 1.807) is 0 Å². The van der Waals surface area contributed by atoms with Gasteiger partial charge in [0, 0.05) is 29.4 Å². The van der Waals surface area contributed by atoms with E-state index in [1.807, 2.05) is 62.2 Å². The van der Waals surface area contributed by atoms with Crippen LogP contribution in [0.25, 0.3) is 0 Å². The number of esters is 1. The normalized spacial score (nSPS) is 14.5. The van der Waals surface area contributed by atoms with Gasteiger partial charge in [-0.15, -0.1) is 0 Å². The zero-order valence-corrected chi connectivity index (χ0v) is 38.8. The van der Waals surface area contributed by atoms with Gasteiger partial charge >= 0.3 is 17.9 Å². The summed E-state index contributed by atoms with van der Waals surface area (Å²) >= 11 is 0. The number of carboxylic acids is 2. The molecule has 0 rings (SSSR count). The second kappa shape index (κ2) is 38.3.